The number of likely N-dealkylation sites (tertiary alicyclic amines) is 1. The van der Waals surface area contributed by atoms with Gasteiger partial charge >= 0.3 is 6.03 Å². The van der Waals surface area contributed by atoms with Crippen molar-refractivity contribution >= 4 is 23.3 Å². The van der Waals surface area contributed by atoms with E-state index in [0.29, 0.717) is 23.9 Å². The second kappa shape index (κ2) is 8.13. The van der Waals surface area contributed by atoms with Gasteiger partial charge in [0.15, 0.2) is 0 Å². The molecule has 0 bridgehead atoms. The lowest BCUT2D eigenvalue weighted by Crippen LogP contribution is -2.45. The molecular formula is C18H20ClN3O2. The summed E-state index contributed by atoms with van der Waals surface area (Å²) in [5, 5.41) is 3.48. The fraction of sp³-hybridized carbons (Fsp3) is 0.333. The second-order valence-corrected chi connectivity index (χ2v) is 6.22. The van der Waals surface area contributed by atoms with Crippen LogP contribution in [0.1, 0.15) is 18.5 Å². The minimum absolute atomic E-state index is 0.0332. The van der Waals surface area contributed by atoms with Gasteiger partial charge in [-0.15, -0.1) is 0 Å². The number of rotatable bonds is 4. The largest absolute Gasteiger partial charge is 0.370 e. The maximum atomic E-state index is 12.4. The van der Waals surface area contributed by atoms with Crippen LogP contribution in [0.3, 0.4) is 0 Å². The van der Waals surface area contributed by atoms with Crippen LogP contribution in [-0.4, -0.2) is 35.1 Å². The molecule has 1 fully saturated rings. The normalized spacial score (nSPS) is 17.5. The van der Waals surface area contributed by atoms with Gasteiger partial charge in [0.2, 0.25) is 0 Å². The van der Waals surface area contributed by atoms with Gasteiger partial charge in [0.05, 0.1) is 18.4 Å². The van der Waals surface area contributed by atoms with Crippen molar-refractivity contribution in [2.24, 2.45) is 0 Å². The number of hydrogen-bond acceptors (Lipinski definition) is 3. The molecule has 1 atom stereocenters. The molecule has 1 aromatic heterocycles. The molecule has 0 saturated carbocycles. The van der Waals surface area contributed by atoms with Crippen LogP contribution < -0.4 is 5.32 Å². The number of piperidine rings is 1. The maximum Gasteiger partial charge on any atom is 0.321 e. The van der Waals surface area contributed by atoms with Gasteiger partial charge in [-0.1, -0.05) is 23.7 Å². The van der Waals surface area contributed by atoms with E-state index in [-0.39, 0.29) is 12.1 Å². The van der Waals surface area contributed by atoms with E-state index < -0.39 is 0 Å². The Labute approximate surface area is 146 Å². The number of aromatic nitrogens is 1. The van der Waals surface area contributed by atoms with Crippen LogP contribution in [0, 0.1) is 0 Å². The van der Waals surface area contributed by atoms with Gasteiger partial charge in [-0.05, 0) is 43.2 Å². The van der Waals surface area contributed by atoms with E-state index in [0.717, 1.165) is 25.1 Å². The Morgan fingerprint density at radius 3 is 3.04 bits per heavy atom. The highest BCUT2D eigenvalue weighted by atomic mass is 35.5. The van der Waals surface area contributed by atoms with Crippen molar-refractivity contribution in [3.63, 3.8) is 0 Å². The molecule has 1 N–H and O–H groups in total. The van der Waals surface area contributed by atoms with Gasteiger partial charge in [-0.25, -0.2) is 4.79 Å². The van der Waals surface area contributed by atoms with E-state index in [9.17, 15) is 4.79 Å². The van der Waals surface area contributed by atoms with Crippen LogP contribution in [0.25, 0.3) is 0 Å². The first-order chi connectivity index (χ1) is 11.7. The lowest BCUT2D eigenvalue weighted by Gasteiger charge is -2.32. The smallest absolute Gasteiger partial charge is 0.321 e. The van der Waals surface area contributed by atoms with Gasteiger partial charge in [0.25, 0.3) is 0 Å². The molecule has 2 heterocycles. The highest BCUT2D eigenvalue weighted by molar-refractivity contribution is 6.30. The number of benzene rings is 1. The summed E-state index contributed by atoms with van der Waals surface area (Å²) in [6.07, 6.45) is 3.67. The Morgan fingerprint density at radius 1 is 1.33 bits per heavy atom. The van der Waals surface area contributed by atoms with Crippen molar-refractivity contribution in [1.82, 2.24) is 9.88 Å². The van der Waals surface area contributed by atoms with Crippen LogP contribution in [-0.2, 0) is 11.3 Å². The van der Waals surface area contributed by atoms with Crippen molar-refractivity contribution in [2.45, 2.75) is 25.6 Å². The topological polar surface area (TPSA) is 54.5 Å². The Balaban J connectivity index is 1.52. The number of urea groups is 1. The van der Waals surface area contributed by atoms with Crippen molar-refractivity contribution in [3.8, 4) is 0 Å². The number of nitrogens with one attached hydrogen (secondary N) is 1. The van der Waals surface area contributed by atoms with Crippen LogP contribution in [0.2, 0.25) is 5.02 Å². The molecule has 1 aliphatic heterocycles. The highest BCUT2D eigenvalue weighted by Crippen LogP contribution is 2.18. The average molecular weight is 346 g/mol. The molecule has 1 aromatic carbocycles. The lowest BCUT2D eigenvalue weighted by atomic mass is 10.1. The number of ether oxygens (including phenoxy) is 1. The molecule has 126 valence electrons. The van der Waals surface area contributed by atoms with E-state index in [1.165, 1.54) is 0 Å². The van der Waals surface area contributed by atoms with E-state index in [4.69, 9.17) is 16.3 Å². The highest BCUT2D eigenvalue weighted by Gasteiger charge is 2.24. The Kier molecular flexibility index (Phi) is 5.67. The number of anilines is 1. The standard InChI is InChI=1S/C18H20ClN3O2/c19-14-5-3-7-15(11-14)21-18(23)22-10-4-8-17(12-22)24-13-16-6-1-2-9-20-16/h1-3,5-7,9,11,17H,4,8,10,12-13H2,(H,21,23)/t17-/m1/s1. The fourth-order valence-electron chi connectivity index (χ4n) is 2.71. The molecule has 0 radical (unpaired) electrons. The Morgan fingerprint density at radius 2 is 2.25 bits per heavy atom. The summed E-state index contributed by atoms with van der Waals surface area (Å²) in [6, 6.07) is 12.8. The molecule has 6 heteroatoms. The van der Waals surface area contributed by atoms with Crippen LogP contribution >= 0.6 is 11.6 Å². The quantitative estimate of drug-likeness (QED) is 0.912. The number of halogens is 1. The van der Waals surface area contributed by atoms with Gasteiger partial charge in [-0.3, -0.25) is 4.98 Å². The zero-order chi connectivity index (χ0) is 16.8. The monoisotopic (exact) mass is 345 g/mol. The number of carbonyl (C=O) groups excluding carboxylic acids is 1. The molecule has 5 nitrogen and oxygen atoms in total. The fourth-order valence-corrected chi connectivity index (χ4v) is 2.90. The number of hydrogen-bond donors (Lipinski definition) is 1. The van der Waals surface area contributed by atoms with Crippen molar-refractivity contribution in [3.05, 3.63) is 59.4 Å². The first kappa shape index (κ1) is 16.7. The Hall–Kier alpha value is -2.11. The molecule has 24 heavy (non-hydrogen) atoms. The maximum absolute atomic E-state index is 12.4. The zero-order valence-electron chi connectivity index (χ0n) is 13.3. The minimum atomic E-state index is -0.122. The Bertz CT molecular complexity index is 681. The molecule has 1 aliphatic rings. The van der Waals surface area contributed by atoms with Gasteiger partial charge in [0, 0.05) is 30.0 Å². The van der Waals surface area contributed by atoms with E-state index in [1.807, 2.05) is 30.3 Å². The number of carbonyl (C=O) groups is 1. The average Bonchev–Trinajstić information content (AvgIpc) is 2.61. The first-order valence-electron chi connectivity index (χ1n) is 8.04. The third-order valence-corrected chi connectivity index (χ3v) is 4.17. The van der Waals surface area contributed by atoms with Gasteiger partial charge in [-0.2, -0.15) is 0 Å². The predicted molar refractivity (Wildman–Crippen MR) is 94.1 cm³/mol. The predicted octanol–water partition coefficient (Wildman–Crippen LogP) is 3.95. The molecule has 3 rings (SSSR count). The van der Waals surface area contributed by atoms with Crippen LogP contribution in [0.5, 0.6) is 0 Å². The molecular weight excluding hydrogens is 326 g/mol. The number of pyridine rings is 1. The number of nitrogens with zero attached hydrogens (tertiary/aromatic N) is 2. The molecule has 0 aliphatic carbocycles. The van der Waals surface area contributed by atoms with Crippen LogP contribution in [0.4, 0.5) is 10.5 Å². The van der Waals surface area contributed by atoms with Crippen LogP contribution in [0.15, 0.2) is 48.7 Å². The van der Waals surface area contributed by atoms with Crippen molar-refractivity contribution in [1.29, 1.82) is 0 Å². The molecule has 2 aromatic rings. The molecule has 0 unspecified atom stereocenters. The van der Waals surface area contributed by atoms with E-state index >= 15 is 0 Å². The molecule has 0 spiro atoms. The lowest BCUT2D eigenvalue weighted by molar-refractivity contribution is -0.000325. The third kappa shape index (κ3) is 4.69. The molecule has 2 amide bonds. The third-order valence-electron chi connectivity index (χ3n) is 3.93. The van der Waals surface area contributed by atoms with E-state index in [2.05, 4.69) is 10.3 Å². The minimum Gasteiger partial charge on any atom is -0.370 e. The van der Waals surface area contributed by atoms with Gasteiger partial charge < -0.3 is 15.0 Å². The summed E-state index contributed by atoms with van der Waals surface area (Å²) < 4.78 is 5.91. The van der Waals surface area contributed by atoms with Crippen molar-refractivity contribution < 1.29 is 9.53 Å². The summed E-state index contributed by atoms with van der Waals surface area (Å²) in [7, 11) is 0. The summed E-state index contributed by atoms with van der Waals surface area (Å²) >= 11 is 5.95. The summed E-state index contributed by atoms with van der Waals surface area (Å²) in [5.74, 6) is 0. The second-order valence-electron chi connectivity index (χ2n) is 5.78. The van der Waals surface area contributed by atoms with Gasteiger partial charge in [0.1, 0.15) is 0 Å². The molecule has 1 saturated heterocycles. The van der Waals surface area contributed by atoms with E-state index in [1.54, 1.807) is 23.2 Å². The first-order valence-corrected chi connectivity index (χ1v) is 8.41. The summed E-state index contributed by atoms with van der Waals surface area (Å²) in [4.78, 5) is 18.4. The zero-order valence-corrected chi connectivity index (χ0v) is 14.1. The number of amides is 2. The summed E-state index contributed by atoms with van der Waals surface area (Å²) in [6.45, 7) is 1.78. The SMILES string of the molecule is O=C(Nc1cccc(Cl)c1)N1CCC[C@@H](OCc2ccccn2)C1. The summed E-state index contributed by atoms with van der Waals surface area (Å²) in [5.41, 5.74) is 1.60. The van der Waals surface area contributed by atoms with Crippen molar-refractivity contribution in [2.75, 3.05) is 18.4 Å².